The largest absolute Gasteiger partial charge is 0.396 e. The van der Waals surface area contributed by atoms with Crippen molar-refractivity contribution >= 4 is 5.78 Å². The van der Waals surface area contributed by atoms with Crippen molar-refractivity contribution in [1.82, 2.24) is 0 Å². The van der Waals surface area contributed by atoms with Crippen LogP contribution in [-0.4, -0.2) is 17.5 Å². The zero-order valence-corrected chi connectivity index (χ0v) is 9.20. The quantitative estimate of drug-likeness (QED) is 0.574. The lowest BCUT2D eigenvalue weighted by atomic mass is 10.0. The molecule has 2 heteroatoms. The van der Waals surface area contributed by atoms with Gasteiger partial charge in [0.2, 0.25) is 0 Å². The van der Waals surface area contributed by atoms with Crippen LogP contribution in [0.3, 0.4) is 0 Å². The Kier molecular flexibility index (Phi) is 5.05. The number of hydrogen-bond donors (Lipinski definition) is 1. The van der Waals surface area contributed by atoms with Gasteiger partial charge in [-0.25, -0.2) is 0 Å². The number of Topliss-reactive ketones (excluding diaryl/α,β-unsaturated/α-hetero) is 1. The molecule has 0 fully saturated rings. The van der Waals surface area contributed by atoms with Crippen molar-refractivity contribution in [2.75, 3.05) is 6.61 Å². The molecule has 0 bridgehead atoms. The second kappa shape index (κ2) is 6.36. The van der Waals surface area contributed by atoms with E-state index in [0.29, 0.717) is 6.42 Å². The van der Waals surface area contributed by atoms with E-state index in [0.717, 1.165) is 24.8 Å². The van der Waals surface area contributed by atoms with Crippen LogP contribution < -0.4 is 0 Å². The highest BCUT2D eigenvalue weighted by atomic mass is 16.2. The molecule has 1 aromatic rings. The molecule has 0 saturated carbocycles. The van der Waals surface area contributed by atoms with Crippen LogP contribution in [0.15, 0.2) is 24.3 Å². The van der Waals surface area contributed by atoms with Crippen LogP contribution in [0.5, 0.6) is 0 Å². The van der Waals surface area contributed by atoms with Gasteiger partial charge in [-0.1, -0.05) is 36.2 Å². The summed E-state index contributed by atoms with van der Waals surface area (Å²) in [6.07, 6.45) is 3.17. The molecule has 1 rings (SSSR count). The maximum Gasteiger partial charge on any atom is 0.162 e. The van der Waals surface area contributed by atoms with Gasteiger partial charge in [0.1, 0.15) is 0 Å². The minimum absolute atomic E-state index is 0.202. The number of carbonyl (C=O) groups excluding carboxylic acids is 1. The minimum Gasteiger partial charge on any atom is -0.396 e. The third-order valence-electron chi connectivity index (χ3n) is 2.44. The summed E-state index contributed by atoms with van der Waals surface area (Å²) in [5.74, 6) is 0.202. The van der Waals surface area contributed by atoms with Gasteiger partial charge in [-0.05, 0) is 19.8 Å². The topological polar surface area (TPSA) is 37.3 Å². The van der Waals surface area contributed by atoms with E-state index in [1.807, 2.05) is 31.2 Å². The molecule has 82 valence electrons. The summed E-state index contributed by atoms with van der Waals surface area (Å²) < 4.78 is 0. The molecule has 0 amide bonds. The number of aryl methyl sites for hydroxylation is 1. The van der Waals surface area contributed by atoms with Crippen LogP contribution in [0.4, 0.5) is 0 Å². The van der Waals surface area contributed by atoms with Gasteiger partial charge in [0, 0.05) is 18.6 Å². The minimum atomic E-state index is 0.202. The molecule has 0 atom stereocenters. The molecule has 15 heavy (non-hydrogen) atoms. The summed E-state index contributed by atoms with van der Waals surface area (Å²) in [6, 6.07) is 7.68. The number of carbonyl (C=O) groups is 1. The maximum atomic E-state index is 11.7. The Labute approximate surface area is 90.9 Å². The zero-order chi connectivity index (χ0) is 11.1. The first-order valence-electron chi connectivity index (χ1n) is 5.45. The Morgan fingerprint density at radius 1 is 1.13 bits per heavy atom. The summed E-state index contributed by atoms with van der Waals surface area (Å²) in [5.41, 5.74) is 1.97. The predicted octanol–water partition coefficient (Wildman–Crippen LogP) is 2.73. The van der Waals surface area contributed by atoms with Crippen molar-refractivity contribution in [3.63, 3.8) is 0 Å². The number of ketones is 1. The van der Waals surface area contributed by atoms with Gasteiger partial charge in [-0.3, -0.25) is 4.79 Å². The van der Waals surface area contributed by atoms with Crippen molar-refractivity contribution < 1.29 is 9.90 Å². The van der Waals surface area contributed by atoms with Gasteiger partial charge in [-0.2, -0.15) is 0 Å². The molecule has 0 aliphatic heterocycles. The van der Waals surface area contributed by atoms with Crippen molar-refractivity contribution in [3.8, 4) is 0 Å². The molecule has 0 radical (unpaired) electrons. The summed E-state index contributed by atoms with van der Waals surface area (Å²) in [7, 11) is 0. The number of benzene rings is 1. The molecule has 0 heterocycles. The first kappa shape index (κ1) is 11.9. The molecular weight excluding hydrogens is 188 g/mol. The van der Waals surface area contributed by atoms with Gasteiger partial charge in [-0.15, -0.1) is 0 Å². The molecule has 0 unspecified atom stereocenters. The SMILES string of the molecule is Cc1ccc(C(=O)CCCCCO)cc1. The summed E-state index contributed by atoms with van der Waals surface area (Å²) in [6.45, 7) is 2.23. The second-order valence-corrected chi connectivity index (χ2v) is 3.82. The van der Waals surface area contributed by atoms with E-state index in [2.05, 4.69) is 0 Å². The van der Waals surface area contributed by atoms with E-state index >= 15 is 0 Å². The maximum absolute atomic E-state index is 11.7. The molecular formula is C13H18O2. The third-order valence-corrected chi connectivity index (χ3v) is 2.44. The molecule has 1 aromatic carbocycles. The van der Waals surface area contributed by atoms with Crippen LogP contribution in [0.1, 0.15) is 41.6 Å². The molecule has 1 N–H and O–H groups in total. The average Bonchev–Trinajstić information content (AvgIpc) is 2.25. The lowest BCUT2D eigenvalue weighted by Crippen LogP contribution is -1.99. The van der Waals surface area contributed by atoms with E-state index in [1.165, 1.54) is 5.56 Å². The van der Waals surface area contributed by atoms with Gasteiger partial charge in [0.05, 0.1) is 0 Å². The van der Waals surface area contributed by atoms with E-state index in [4.69, 9.17) is 5.11 Å². The first-order valence-corrected chi connectivity index (χ1v) is 5.45. The van der Waals surface area contributed by atoms with Crippen LogP contribution in [0, 0.1) is 6.92 Å². The fraction of sp³-hybridized carbons (Fsp3) is 0.462. The van der Waals surface area contributed by atoms with E-state index in [-0.39, 0.29) is 12.4 Å². The number of aliphatic hydroxyl groups is 1. The van der Waals surface area contributed by atoms with Crippen molar-refractivity contribution in [2.45, 2.75) is 32.6 Å². The van der Waals surface area contributed by atoms with Gasteiger partial charge >= 0.3 is 0 Å². The predicted molar refractivity (Wildman–Crippen MR) is 61.1 cm³/mol. The molecule has 2 nitrogen and oxygen atoms in total. The second-order valence-electron chi connectivity index (χ2n) is 3.82. The number of unbranched alkanes of at least 4 members (excludes halogenated alkanes) is 2. The molecule has 0 saturated heterocycles. The Bertz CT molecular complexity index is 301. The van der Waals surface area contributed by atoms with Crippen LogP contribution in [0.2, 0.25) is 0 Å². The standard InChI is InChI=1S/C13H18O2/c1-11-6-8-12(9-7-11)13(15)5-3-2-4-10-14/h6-9,14H,2-5,10H2,1H3. The average molecular weight is 206 g/mol. The van der Waals surface area contributed by atoms with Crippen LogP contribution in [0.25, 0.3) is 0 Å². The summed E-state index contributed by atoms with van der Waals surface area (Å²) in [5, 5.41) is 8.59. The van der Waals surface area contributed by atoms with Gasteiger partial charge in [0.25, 0.3) is 0 Å². The number of hydrogen-bond acceptors (Lipinski definition) is 2. The Morgan fingerprint density at radius 3 is 2.40 bits per heavy atom. The van der Waals surface area contributed by atoms with E-state index in [9.17, 15) is 4.79 Å². The van der Waals surface area contributed by atoms with Crippen LogP contribution >= 0.6 is 0 Å². The summed E-state index contributed by atoms with van der Waals surface area (Å²) in [4.78, 5) is 11.7. The van der Waals surface area contributed by atoms with E-state index < -0.39 is 0 Å². The fourth-order valence-electron chi connectivity index (χ4n) is 1.46. The number of aliphatic hydroxyl groups excluding tert-OH is 1. The number of rotatable bonds is 6. The lowest BCUT2D eigenvalue weighted by molar-refractivity contribution is 0.0978. The van der Waals surface area contributed by atoms with Crippen molar-refractivity contribution in [3.05, 3.63) is 35.4 Å². The molecule has 0 aliphatic carbocycles. The van der Waals surface area contributed by atoms with Gasteiger partial charge in [0.15, 0.2) is 5.78 Å². The third kappa shape index (κ3) is 4.26. The Hall–Kier alpha value is -1.15. The highest BCUT2D eigenvalue weighted by Gasteiger charge is 2.04. The van der Waals surface area contributed by atoms with Crippen molar-refractivity contribution in [2.24, 2.45) is 0 Å². The molecule has 0 aromatic heterocycles. The smallest absolute Gasteiger partial charge is 0.162 e. The van der Waals surface area contributed by atoms with E-state index in [1.54, 1.807) is 0 Å². The highest BCUT2D eigenvalue weighted by Crippen LogP contribution is 2.09. The highest BCUT2D eigenvalue weighted by molar-refractivity contribution is 5.96. The zero-order valence-electron chi connectivity index (χ0n) is 9.20. The normalized spacial score (nSPS) is 10.3. The Balaban J connectivity index is 2.37. The van der Waals surface area contributed by atoms with Gasteiger partial charge < -0.3 is 5.11 Å². The Morgan fingerprint density at radius 2 is 1.80 bits per heavy atom. The molecule has 0 spiro atoms. The molecule has 0 aliphatic rings. The summed E-state index contributed by atoms with van der Waals surface area (Å²) >= 11 is 0. The fourth-order valence-corrected chi connectivity index (χ4v) is 1.46. The van der Waals surface area contributed by atoms with Crippen LogP contribution in [-0.2, 0) is 0 Å². The lowest BCUT2D eigenvalue weighted by Gasteiger charge is -2.01. The first-order chi connectivity index (χ1) is 7.24. The van der Waals surface area contributed by atoms with Crippen molar-refractivity contribution in [1.29, 1.82) is 0 Å². The monoisotopic (exact) mass is 206 g/mol.